The van der Waals surface area contributed by atoms with Crippen LogP contribution in [0, 0.1) is 11.8 Å². The van der Waals surface area contributed by atoms with Gasteiger partial charge in [-0.3, -0.25) is 4.68 Å². The van der Waals surface area contributed by atoms with E-state index in [2.05, 4.69) is 16.9 Å². The lowest BCUT2D eigenvalue weighted by Crippen LogP contribution is -2.25. The summed E-state index contributed by atoms with van der Waals surface area (Å²) in [6.45, 7) is 0.0726. The molecule has 1 N–H and O–H groups in total. The van der Waals surface area contributed by atoms with Crippen molar-refractivity contribution < 1.29 is 13.5 Å². The van der Waals surface area contributed by atoms with Crippen molar-refractivity contribution in [2.45, 2.75) is 11.4 Å². The van der Waals surface area contributed by atoms with Crippen molar-refractivity contribution in [2.75, 3.05) is 13.7 Å². The normalized spacial score (nSPS) is 11.4. The number of hydrogen-bond acceptors (Lipinski definition) is 5. The Labute approximate surface area is 127 Å². The Balaban J connectivity index is 2.14. The number of aromatic nitrogens is 2. The largest absolute Gasteiger partial charge is 0.384 e. The average molecular weight is 325 g/mol. The van der Waals surface area contributed by atoms with Gasteiger partial charge in [0.25, 0.3) is 0 Å². The van der Waals surface area contributed by atoms with Crippen molar-refractivity contribution in [1.82, 2.24) is 14.1 Å². The number of aliphatic hydroxyl groups excluding tert-OH is 1. The molecule has 2 aromatic rings. The van der Waals surface area contributed by atoms with Crippen molar-refractivity contribution in [3.05, 3.63) is 34.3 Å². The molecule has 0 aliphatic rings. The molecule has 0 saturated heterocycles. The van der Waals surface area contributed by atoms with Gasteiger partial charge in [0.05, 0.1) is 6.20 Å². The SMILES string of the molecule is CN(Cc1cc(C#CCO)cs1)S(=O)(=O)c1cnn(C)c1. The molecular weight excluding hydrogens is 310 g/mol. The number of nitrogens with zero attached hydrogens (tertiary/aromatic N) is 3. The summed E-state index contributed by atoms with van der Waals surface area (Å²) in [7, 11) is -0.343. The van der Waals surface area contributed by atoms with Crippen LogP contribution in [0.4, 0.5) is 0 Å². The molecule has 0 aromatic carbocycles. The third-order valence-electron chi connectivity index (χ3n) is 2.73. The Bertz CT molecular complexity index is 781. The Morgan fingerprint density at radius 2 is 2.29 bits per heavy atom. The summed E-state index contributed by atoms with van der Waals surface area (Å²) < 4.78 is 27.4. The monoisotopic (exact) mass is 325 g/mol. The molecule has 0 atom stereocenters. The second kappa shape index (κ2) is 6.41. The van der Waals surface area contributed by atoms with Gasteiger partial charge in [0.2, 0.25) is 10.0 Å². The highest BCUT2D eigenvalue weighted by Crippen LogP contribution is 2.20. The Morgan fingerprint density at radius 1 is 1.52 bits per heavy atom. The van der Waals surface area contributed by atoms with Gasteiger partial charge in [0.1, 0.15) is 11.5 Å². The van der Waals surface area contributed by atoms with Gasteiger partial charge in [-0.1, -0.05) is 11.8 Å². The third-order valence-corrected chi connectivity index (χ3v) is 5.41. The van der Waals surface area contributed by atoms with Gasteiger partial charge in [-0.05, 0) is 6.07 Å². The first-order valence-corrected chi connectivity index (χ1v) is 8.37. The van der Waals surface area contributed by atoms with Crippen LogP contribution >= 0.6 is 11.3 Å². The molecular formula is C13H15N3O3S2. The number of thiophene rings is 1. The van der Waals surface area contributed by atoms with Crippen LogP contribution in [0.25, 0.3) is 0 Å². The molecule has 0 unspecified atom stereocenters. The van der Waals surface area contributed by atoms with Gasteiger partial charge in [-0.15, -0.1) is 11.3 Å². The standard InChI is InChI=1S/C13H15N3O3S2/c1-15-9-13(7-14-15)21(18,19)16(2)8-12-6-11(10-20-12)4-3-5-17/h6-7,9-10,17H,5,8H2,1-2H3. The summed E-state index contributed by atoms with van der Waals surface area (Å²) in [6.07, 6.45) is 2.80. The fraction of sp³-hybridized carbons (Fsp3) is 0.308. The summed E-state index contributed by atoms with van der Waals surface area (Å²) in [5, 5.41) is 14.4. The minimum Gasteiger partial charge on any atom is -0.384 e. The molecule has 0 radical (unpaired) electrons. The van der Waals surface area contributed by atoms with Crippen LogP contribution < -0.4 is 0 Å². The smallest absolute Gasteiger partial charge is 0.246 e. The van der Waals surface area contributed by atoms with Gasteiger partial charge in [0.15, 0.2) is 0 Å². The molecule has 6 nitrogen and oxygen atoms in total. The molecule has 2 rings (SSSR count). The van der Waals surface area contributed by atoms with Crippen LogP contribution in [0.15, 0.2) is 28.7 Å². The first kappa shape index (κ1) is 15.7. The lowest BCUT2D eigenvalue weighted by Gasteiger charge is -2.14. The molecule has 0 aliphatic heterocycles. The maximum Gasteiger partial charge on any atom is 0.246 e. The second-order valence-corrected chi connectivity index (χ2v) is 7.41. The minimum absolute atomic E-state index is 0.171. The van der Waals surface area contributed by atoms with Crippen LogP contribution in [0.2, 0.25) is 0 Å². The minimum atomic E-state index is -3.54. The molecule has 0 spiro atoms. The van der Waals surface area contributed by atoms with Crippen LogP contribution in [0.3, 0.4) is 0 Å². The van der Waals surface area contributed by atoms with E-state index in [1.165, 1.54) is 39.8 Å². The van der Waals surface area contributed by atoms with E-state index in [0.29, 0.717) is 0 Å². The predicted molar refractivity (Wildman–Crippen MR) is 80.1 cm³/mol. The van der Waals surface area contributed by atoms with Crippen molar-refractivity contribution >= 4 is 21.4 Å². The summed E-state index contributed by atoms with van der Waals surface area (Å²) in [6, 6.07) is 1.82. The van der Waals surface area contributed by atoms with Crippen molar-refractivity contribution in [2.24, 2.45) is 7.05 Å². The van der Waals surface area contributed by atoms with E-state index in [9.17, 15) is 8.42 Å². The summed E-state index contributed by atoms with van der Waals surface area (Å²) in [5.41, 5.74) is 0.774. The van der Waals surface area contributed by atoms with Crippen molar-refractivity contribution in [1.29, 1.82) is 0 Å². The summed E-state index contributed by atoms with van der Waals surface area (Å²) in [5.74, 6) is 5.35. The lowest BCUT2D eigenvalue weighted by molar-refractivity contribution is 0.350. The van der Waals surface area contributed by atoms with Crippen LogP contribution in [0.5, 0.6) is 0 Å². The second-order valence-electron chi connectivity index (χ2n) is 4.37. The highest BCUT2D eigenvalue weighted by Gasteiger charge is 2.22. The molecule has 2 aromatic heterocycles. The van der Waals surface area contributed by atoms with Crippen LogP contribution in [0.1, 0.15) is 10.4 Å². The fourth-order valence-corrected chi connectivity index (χ4v) is 3.77. The van der Waals surface area contributed by atoms with E-state index in [0.717, 1.165) is 10.4 Å². The first-order valence-electron chi connectivity index (χ1n) is 6.05. The molecule has 8 heteroatoms. The van der Waals surface area contributed by atoms with Crippen LogP contribution in [-0.4, -0.2) is 41.3 Å². The fourth-order valence-electron chi connectivity index (χ4n) is 1.69. The zero-order valence-corrected chi connectivity index (χ0v) is 13.3. The quantitative estimate of drug-likeness (QED) is 0.838. The van der Waals surface area contributed by atoms with Crippen LogP contribution in [-0.2, 0) is 23.6 Å². The molecule has 0 bridgehead atoms. The lowest BCUT2D eigenvalue weighted by atomic mass is 10.3. The van der Waals surface area contributed by atoms with E-state index in [1.54, 1.807) is 7.05 Å². The van der Waals surface area contributed by atoms with E-state index in [4.69, 9.17) is 5.11 Å². The highest BCUT2D eigenvalue weighted by molar-refractivity contribution is 7.89. The van der Waals surface area contributed by atoms with Gasteiger partial charge in [0, 0.05) is 42.7 Å². The number of hydrogen-bond donors (Lipinski definition) is 1. The maximum absolute atomic E-state index is 12.3. The van der Waals surface area contributed by atoms with Crippen molar-refractivity contribution in [3.63, 3.8) is 0 Å². The van der Waals surface area contributed by atoms with Crippen molar-refractivity contribution in [3.8, 4) is 11.8 Å². The van der Waals surface area contributed by atoms with Gasteiger partial charge >= 0.3 is 0 Å². The number of aryl methyl sites for hydroxylation is 1. The molecule has 0 fully saturated rings. The Morgan fingerprint density at radius 3 is 2.90 bits per heavy atom. The summed E-state index contributed by atoms with van der Waals surface area (Å²) in [4.78, 5) is 1.05. The topological polar surface area (TPSA) is 75.4 Å². The Hall–Kier alpha value is -1.66. The molecule has 0 aliphatic carbocycles. The van der Waals surface area contributed by atoms with E-state index >= 15 is 0 Å². The van der Waals surface area contributed by atoms with Gasteiger partial charge < -0.3 is 5.11 Å². The molecule has 2 heterocycles. The zero-order valence-electron chi connectivity index (χ0n) is 11.6. The van der Waals surface area contributed by atoms with Gasteiger partial charge in [-0.2, -0.15) is 9.40 Å². The van der Waals surface area contributed by atoms with Gasteiger partial charge in [-0.25, -0.2) is 8.42 Å². The molecule has 0 amide bonds. The Kier molecular flexibility index (Phi) is 4.80. The highest BCUT2D eigenvalue weighted by atomic mass is 32.2. The third kappa shape index (κ3) is 3.71. The average Bonchev–Trinajstić information content (AvgIpc) is 3.05. The molecule has 21 heavy (non-hydrogen) atoms. The molecule has 0 saturated carbocycles. The predicted octanol–water partition coefficient (Wildman–Crippen LogP) is 0.646. The van der Waals surface area contributed by atoms with E-state index in [-0.39, 0.29) is 18.0 Å². The first-order chi connectivity index (χ1) is 9.93. The molecule has 112 valence electrons. The summed E-state index contributed by atoms with van der Waals surface area (Å²) >= 11 is 1.43. The zero-order chi connectivity index (χ0) is 15.5. The number of aliphatic hydroxyl groups is 1. The number of sulfonamides is 1. The van der Waals surface area contributed by atoms with E-state index < -0.39 is 10.0 Å². The number of rotatable bonds is 4. The maximum atomic E-state index is 12.3. The van der Waals surface area contributed by atoms with E-state index in [1.807, 2.05) is 11.4 Å².